The Morgan fingerprint density at radius 2 is 2.31 bits per heavy atom. The Bertz CT molecular complexity index is 512. The lowest BCUT2D eigenvalue weighted by Crippen LogP contribution is -2.30. The molecule has 0 saturated carbocycles. The number of hydrogen-bond acceptors (Lipinski definition) is 3. The monoisotopic (exact) mass is 233 g/mol. The molecule has 1 unspecified atom stereocenters. The fraction of sp³-hybridized carbons (Fsp3) is 0.417. The molecule has 0 aromatic carbocycles. The number of rotatable bonds is 1. The van der Waals surface area contributed by atoms with Gasteiger partial charge in [0.1, 0.15) is 0 Å². The number of nitrogens with zero attached hydrogens (tertiary/aromatic N) is 1. The molecule has 1 aliphatic rings. The van der Waals surface area contributed by atoms with Crippen molar-refractivity contribution in [2.75, 3.05) is 6.54 Å². The van der Waals surface area contributed by atoms with Crippen molar-refractivity contribution in [3.63, 3.8) is 0 Å². The van der Waals surface area contributed by atoms with Crippen LogP contribution < -0.4 is 5.32 Å². The van der Waals surface area contributed by atoms with Crippen molar-refractivity contribution in [1.82, 2.24) is 15.3 Å². The van der Waals surface area contributed by atoms with Crippen LogP contribution in [0.15, 0.2) is 12.4 Å². The lowest BCUT2D eigenvalue weighted by molar-refractivity contribution is 0.553. The summed E-state index contributed by atoms with van der Waals surface area (Å²) < 4.78 is 0. The van der Waals surface area contributed by atoms with Crippen LogP contribution >= 0.6 is 11.3 Å². The lowest BCUT2D eigenvalue weighted by atomic mass is 9.98. The maximum Gasteiger partial charge on any atom is 0.0926 e. The number of hydrogen-bond donors (Lipinski definition) is 2. The minimum Gasteiger partial charge on any atom is -0.348 e. The van der Waals surface area contributed by atoms with Crippen LogP contribution in [0.1, 0.15) is 32.7 Å². The van der Waals surface area contributed by atoms with Gasteiger partial charge in [0.15, 0.2) is 0 Å². The van der Waals surface area contributed by atoms with E-state index in [1.165, 1.54) is 26.7 Å². The van der Waals surface area contributed by atoms with Crippen LogP contribution in [0.2, 0.25) is 0 Å². The Kier molecular flexibility index (Phi) is 2.33. The van der Waals surface area contributed by atoms with Crippen molar-refractivity contribution in [1.29, 1.82) is 0 Å². The van der Waals surface area contributed by atoms with Gasteiger partial charge in [-0.05, 0) is 25.5 Å². The summed E-state index contributed by atoms with van der Waals surface area (Å²) in [4.78, 5) is 10.5. The molecule has 2 N–H and O–H groups in total. The molecule has 3 nitrogen and oxygen atoms in total. The first-order valence-corrected chi connectivity index (χ1v) is 6.40. The van der Waals surface area contributed by atoms with Crippen LogP contribution in [-0.4, -0.2) is 16.5 Å². The van der Waals surface area contributed by atoms with Crippen molar-refractivity contribution in [2.24, 2.45) is 0 Å². The van der Waals surface area contributed by atoms with Gasteiger partial charge in [-0.2, -0.15) is 0 Å². The maximum atomic E-state index is 4.45. The number of imidazole rings is 1. The van der Waals surface area contributed by atoms with E-state index in [0.29, 0.717) is 0 Å². The van der Waals surface area contributed by atoms with E-state index in [4.69, 9.17) is 0 Å². The van der Waals surface area contributed by atoms with E-state index in [-0.39, 0.29) is 6.04 Å². The molecule has 3 rings (SSSR count). The van der Waals surface area contributed by atoms with Crippen LogP contribution in [0.25, 0.3) is 0 Å². The van der Waals surface area contributed by atoms with E-state index in [0.717, 1.165) is 13.0 Å². The van der Waals surface area contributed by atoms with Crippen molar-refractivity contribution < 1.29 is 0 Å². The number of nitrogens with one attached hydrogen (secondary N) is 2. The lowest BCUT2D eigenvalue weighted by Gasteiger charge is -2.23. The predicted molar refractivity (Wildman–Crippen MR) is 65.9 cm³/mol. The molecule has 0 radical (unpaired) electrons. The minimum atomic E-state index is 0.278. The Morgan fingerprint density at radius 3 is 3.06 bits per heavy atom. The molecule has 4 heteroatoms. The van der Waals surface area contributed by atoms with Gasteiger partial charge >= 0.3 is 0 Å². The van der Waals surface area contributed by atoms with Crippen LogP contribution in [0.4, 0.5) is 0 Å². The first-order valence-electron chi connectivity index (χ1n) is 5.58. The van der Waals surface area contributed by atoms with Gasteiger partial charge in [0.05, 0.1) is 18.1 Å². The average molecular weight is 233 g/mol. The van der Waals surface area contributed by atoms with Gasteiger partial charge in [0, 0.05) is 28.4 Å². The Morgan fingerprint density at radius 1 is 1.44 bits per heavy atom. The van der Waals surface area contributed by atoms with E-state index in [1.54, 1.807) is 6.33 Å². The molecule has 3 heterocycles. The van der Waals surface area contributed by atoms with Crippen LogP contribution in [-0.2, 0) is 6.42 Å². The number of aromatic nitrogens is 2. The molecule has 0 aliphatic carbocycles. The fourth-order valence-electron chi connectivity index (χ4n) is 2.41. The Labute approximate surface area is 98.9 Å². The highest BCUT2D eigenvalue weighted by molar-refractivity contribution is 7.12. The molecule has 0 bridgehead atoms. The van der Waals surface area contributed by atoms with Crippen LogP contribution in [0.3, 0.4) is 0 Å². The highest BCUT2D eigenvalue weighted by Gasteiger charge is 2.25. The van der Waals surface area contributed by atoms with Gasteiger partial charge in [-0.1, -0.05) is 0 Å². The summed E-state index contributed by atoms with van der Waals surface area (Å²) in [5.41, 5.74) is 3.84. The number of fused-ring (bicyclic) bond motifs is 1. The van der Waals surface area contributed by atoms with E-state index < -0.39 is 0 Å². The van der Waals surface area contributed by atoms with E-state index in [9.17, 15) is 0 Å². The van der Waals surface area contributed by atoms with E-state index >= 15 is 0 Å². The minimum absolute atomic E-state index is 0.278. The van der Waals surface area contributed by atoms with E-state index in [1.807, 2.05) is 11.3 Å². The van der Waals surface area contributed by atoms with Gasteiger partial charge in [0.25, 0.3) is 0 Å². The summed E-state index contributed by atoms with van der Waals surface area (Å²) in [7, 11) is 0. The molecule has 2 aromatic rings. The smallest absolute Gasteiger partial charge is 0.0926 e. The second-order valence-electron chi connectivity index (χ2n) is 4.27. The third-order valence-electron chi connectivity index (χ3n) is 3.14. The SMILES string of the molecule is Cc1cc(C2NCCc3[nH]cnc32)c(C)s1. The van der Waals surface area contributed by atoms with Gasteiger partial charge in [0.2, 0.25) is 0 Å². The molecule has 16 heavy (non-hydrogen) atoms. The summed E-state index contributed by atoms with van der Waals surface area (Å²) in [6, 6.07) is 2.56. The first-order chi connectivity index (χ1) is 7.75. The summed E-state index contributed by atoms with van der Waals surface area (Å²) >= 11 is 1.86. The fourth-order valence-corrected chi connectivity index (χ4v) is 3.38. The largest absolute Gasteiger partial charge is 0.348 e. The normalized spacial score (nSPS) is 19.8. The molecule has 1 aliphatic heterocycles. The van der Waals surface area contributed by atoms with E-state index in [2.05, 4.69) is 35.2 Å². The molecular weight excluding hydrogens is 218 g/mol. The summed E-state index contributed by atoms with van der Waals surface area (Å²) in [5, 5.41) is 3.56. The Hall–Kier alpha value is -1.13. The number of thiophene rings is 1. The summed E-state index contributed by atoms with van der Waals surface area (Å²) in [5.74, 6) is 0. The third kappa shape index (κ3) is 1.49. The molecule has 0 fully saturated rings. The molecule has 0 amide bonds. The van der Waals surface area contributed by atoms with Crippen molar-refractivity contribution in [3.8, 4) is 0 Å². The maximum absolute atomic E-state index is 4.45. The molecule has 2 aromatic heterocycles. The summed E-state index contributed by atoms with van der Waals surface area (Å²) in [6.45, 7) is 5.37. The Balaban J connectivity index is 2.07. The zero-order valence-corrected chi connectivity index (χ0v) is 10.3. The predicted octanol–water partition coefficient (Wildman–Crippen LogP) is 2.32. The van der Waals surface area contributed by atoms with Crippen LogP contribution in [0, 0.1) is 13.8 Å². The van der Waals surface area contributed by atoms with Gasteiger partial charge in [-0.25, -0.2) is 4.98 Å². The second kappa shape index (κ2) is 3.71. The molecule has 0 saturated heterocycles. The van der Waals surface area contributed by atoms with Crippen molar-refractivity contribution >= 4 is 11.3 Å². The van der Waals surface area contributed by atoms with Crippen molar-refractivity contribution in [2.45, 2.75) is 26.3 Å². The van der Waals surface area contributed by atoms with Crippen molar-refractivity contribution in [3.05, 3.63) is 39.1 Å². The summed E-state index contributed by atoms with van der Waals surface area (Å²) in [6.07, 6.45) is 2.85. The highest BCUT2D eigenvalue weighted by Crippen LogP contribution is 2.32. The topological polar surface area (TPSA) is 40.7 Å². The van der Waals surface area contributed by atoms with Gasteiger partial charge in [-0.15, -0.1) is 11.3 Å². The second-order valence-corrected chi connectivity index (χ2v) is 5.73. The molecule has 0 spiro atoms. The highest BCUT2D eigenvalue weighted by atomic mass is 32.1. The molecular formula is C12H15N3S. The molecule has 1 atom stereocenters. The first kappa shape index (κ1) is 10.1. The zero-order chi connectivity index (χ0) is 11.1. The third-order valence-corrected chi connectivity index (χ3v) is 4.12. The number of aryl methyl sites for hydroxylation is 2. The van der Waals surface area contributed by atoms with Gasteiger partial charge in [-0.3, -0.25) is 0 Å². The zero-order valence-electron chi connectivity index (χ0n) is 9.50. The average Bonchev–Trinajstić information content (AvgIpc) is 2.84. The standard InChI is InChI=1S/C12H15N3S/c1-7-5-9(8(2)16-7)11-12-10(3-4-13-11)14-6-15-12/h5-6,11,13H,3-4H2,1-2H3,(H,14,15). The van der Waals surface area contributed by atoms with Gasteiger partial charge < -0.3 is 10.3 Å². The number of H-pyrrole nitrogens is 1. The van der Waals surface area contributed by atoms with Crippen LogP contribution in [0.5, 0.6) is 0 Å². The molecule has 84 valence electrons. The quantitative estimate of drug-likeness (QED) is 0.793. The number of aromatic amines is 1.